The van der Waals surface area contributed by atoms with Crippen molar-refractivity contribution in [2.24, 2.45) is 0 Å². The number of hydrogen-bond donors (Lipinski definition) is 2. The molecule has 5 heteroatoms. The Morgan fingerprint density at radius 1 is 1.53 bits per heavy atom. The zero-order valence-corrected chi connectivity index (χ0v) is 9.35. The van der Waals surface area contributed by atoms with Crippen molar-refractivity contribution >= 4 is 17.4 Å². The van der Waals surface area contributed by atoms with Gasteiger partial charge < -0.3 is 10.6 Å². The standard InChI is InChI=1S/C10H15N3OS/c14-10(13-8-3-1-2-4-8)12-7-9-11-5-6-15-9/h5-6,8H,1-4,7H2,(H2,12,13,14). The van der Waals surface area contributed by atoms with Gasteiger partial charge in [0.2, 0.25) is 0 Å². The summed E-state index contributed by atoms with van der Waals surface area (Å²) in [7, 11) is 0. The first-order valence-electron chi connectivity index (χ1n) is 5.27. The Bertz CT molecular complexity index is 306. The van der Waals surface area contributed by atoms with E-state index in [0.29, 0.717) is 12.6 Å². The number of hydrogen-bond acceptors (Lipinski definition) is 3. The summed E-state index contributed by atoms with van der Waals surface area (Å²) in [5, 5.41) is 8.63. The van der Waals surface area contributed by atoms with Crippen molar-refractivity contribution < 1.29 is 4.79 Å². The quantitative estimate of drug-likeness (QED) is 0.825. The maximum Gasteiger partial charge on any atom is 0.315 e. The fraction of sp³-hybridized carbons (Fsp3) is 0.600. The summed E-state index contributed by atoms with van der Waals surface area (Å²) in [5.74, 6) is 0. The highest BCUT2D eigenvalue weighted by atomic mass is 32.1. The lowest BCUT2D eigenvalue weighted by Gasteiger charge is -2.12. The number of nitrogens with one attached hydrogen (secondary N) is 2. The van der Waals surface area contributed by atoms with Crippen molar-refractivity contribution in [1.29, 1.82) is 0 Å². The van der Waals surface area contributed by atoms with Gasteiger partial charge in [0.15, 0.2) is 0 Å². The number of carbonyl (C=O) groups is 1. The number of rotatable bonds is 3. The van der Waals surface area contributed by atoms with Crippen molar-refractivity contribution in [3.05, 3.63) is 16.6 Å². The third-order valence-electron chi connectivity index (χ3n) is 2.57. The molecule has 1 heterocycles. The van der Waals surface area contributed by atoms with E-state index >= 15 is 0 Å². The van der Waals surface area contributed by atoms with Crippen LogP contribution in [0.3, 0.4) is 0 Å². The number of thiazole rings is 1. The van der Waals surface area contributed by atoms with Crippen LogP contribution in [-0.4, -0.2) is 17.1 Å². The van der Waals surface area contributed by atoms with Crippen LogP contribution in [-0.2, 0) is 6.54 Å². The van der Waals surface area contributed by atoms with E-state index in [2.05, 4.69) is 15.6 Å². The molecule has 0 aromatic carbocycles. The molecule has 2 N–H and O–H groups in total. The first-order chi connectivity index (χ1) is 7.34. The number of urea groups is 1. The van der Waals surface area contributed by atoms with Gasteiger partial charge in [-0.25, -0.2) is 9.78 Å². The van der Waals surface area contributed by atoms with Crippen molar-refractivity contribution in [3.8, 4) is 0 Å². The van der Waals surface area contributed by atoms with Gasteiger partial charge in [0, 0.05) is 17.6 Å². The Kier molecular flexibility index (Phi) is 3.55. The molecule has 2 rings (SSSR count). The molecule has 1 aliphatic carbocycles. The van der Waals surface area contributed by atoms with Gasteiger partial charge in [-0.05, 0) is 12.8 Å². The van der Waals surface area contributed by atoms with Crippen LogP contribution in [0.5, 0.6) is 0 Å². The zero-order valence-electron chi connectivity index (χ0n) is 8.53. The topological polar surface area (TPSA) is 54.0 Å². The van der Waals surface area contributed by atoms with E-state index in [0.717, 1.165) is 17.8 Å². The van der Waals surface area contributed by atoms with Crippen LogP contribution in [0.15, 0.2) is 11.6 Å². The van der Waals surface area contributed by atoms with E-state index in [4.69, 9.17) is 0 Å². The Hall–Kier alpha value is -1.10. The van der Waals surface area contributed by atoms with Crippen LogP contribution in [0, 0.1) is 0 Å². The first kappa shape index (κ1) is 10.4. The minimum absolute atomic E-state index is 0.0721. The van der Waals surface area contributed by atoms with Crippen LogP contribution < -0.4 is 10.6 Å². The van der Waals surface area contributed by atoms with Crippen LogP contribution in [0.1, 0.15) is 30.7 Å². The molecule has 2 amide bonds. The Morgan fingerprint density at radius 2 is 2.33 bits per heavy atom. The average Bonchev–Trinajstić information content (AvgIpc) is 2.86. The molecule has 1 fully saturated rings. The molecular weight excluding hydrogens is 210 g/mol. The second-order valence-electron chi connectivity index (χ2n) is 3.73. The van der Waals surface area contributed by atoms with Crippen molar-refractivity contribution in [3.63, 3.8) is 0 Å². The molecule has 0 saturated heterocycles. The molecule has 1 saturated carbocycles. The summed E-state index contributed by atoms with van der Waals surface area (Å²) in [5.41, 5.74) is 0. The average molecular weight is 225 g/mol. The molecule has 0 bridgehead atoms. The number of carbonyl (C=O) groups excluding carboxylic acids is 1. The summed E-state index contributed by atoms with van der Waals surface area (Å²) in [6, 6.07) is 0.304. The van der Waals surface area contributed by atoms with Crippen molar-refractivity contribution in [2.75, 3.05) is 0 Å². The zero-order chi connectivity index (χ0) is 10.5. The SMILES string of the molecule is O=C(NCc1nccs1)NC1CCCC1. The fourth-order valence-electron chi connectivity index (χ4n) is 1.80. The highest BCUT2D eigenvalue weighted by Crippen LogP contribution is 2.17. The predicted molar refractivity (Wildman–Crippen MR) is 59.7 cm³/mol. The lowest BCUT2D eigenvalue weighted by atomic mass is 10.3. The molecule has 1 aromatic heterocycles. The maximum atomic E-state index is 11.4. The monoisotopic (exact) mass is 225 g/mol. The predicted octanol–water partition coefficient (Wildman–Crippen LogP) is 1.88. The smallest absolute Gasteiger partial charge is 0.315 e. The normalized spacial score (nSPS) is 16.5. The lowest BCUT2D eigenvalue weighted by molar-refractivity contribution is 0.236. The van der Waals surface area contributed by atoms with E-state index < -0.39 is 0 Å². The van der Waals surface area contributed by atoms with Crippen molar-refractivity contribution in [1.82, 2.24) is 15.6 Å². The van der Waals surface area contributed by atoms with Gasteiger partial charge in [0.1, 0.15) is 5.01 Å². The first-order valence-corrected chi connectivity index (χ1v) is 6.15. The van der Waals surface area contributed by atoms with Crippen LogP contribution in [0.2, 0.25) is 0 Å². The van der Waals surface area contributed by atoms with Gasteiger partial charge in [-0.2, -0.15) is 0 Å². The van der Waals surface area contributed by atoms with E-state index in [1.54, 1.807) is 17.5 Å². The van der Waals surface area contributed by atoms with Gasteiger partial charge in [-0.3, -0.25) is 0 Å². The van der Waals surface area contributed by atoms with Gasteiger partial charge in [0.25, 0.3) is 0 Å². The molecule has 82 valence electrons. The second kappa shape index (κ2) is 5.11. The van der Waals surface area contributed by atoms with Crippen LogP contribution >= 0.6 is 11.3 Å². The van der Waals surface area contributed by atoms with Crippen LogP contribution in [0.25, 0.3) is 0 Å². The number of aromatic nitrogens is 1. The van der Waals surface area contributed by atoms with E-state index in [9.17, 15) is 4.79 Å². The molecule has 0 spiro atoms. The van der Waals surface area contributed by atoms with Gasteiger partial charge in [0.05, 0.1) is 6.54 Å². The minimum Gasteiger partial charge on any atom is -0.335 e. The summed E-state index contributed by atoms with van der Waals surface area (Å²) in [6.45, 7) is 0.524. The molecule has 0 radical (unpaired) electrons. The molecule has 1 aromatic rings. The lowest BCUT2D eigenvalue weighted by Crippen LogP contribution is -2.40. The largest absolute Gasteiger partial charge is 0.335 e. The Morgan fingerprint density at radius 3 is 3.00 bits per heavy atom. The number of nitrogens with zero attached hydrogens (tertiary/aromatic N) is 1. The minimum atomic E-state index is -0.0721. The summed E-state index contributed by atoms with van der Waals surface area (Å²) in [6.07, 6.45) is 6.45. The highest BCUT2D eigenvalue weighted by Gasteiger charge is 2.16. The van der Waals surface area contributed by atoms with E-state index in [1.165, 1.54) is 12.8 Å². The number of amides is 2. The molecule has 1 aliphatic rings. The van der Waals surface area contributed by atoms with Gasteiger partial charge in [-0.15, -0.1) is 11.3 Å². The molecule has 15 heavy (non-hydrogen) atoms. The van der Waals surface area contributed by atoms with E-state index in [-0.39, 0.29) is 6.03 Å². The molecular formula is C10H15N3OS. The third-order valence-corrected chi connectivity index (χ3v) is 3.35. The fourth-order valence-corrected chi connectivity index (χ4v) is 2.36. The Labute approximate surface area is 93.1 Å². The molecule has 0 aliphatic heterocycles. The van der Waals surface area contributed by atoms with Crippen LogP contribution in [0.4, 0.5) is 4.79 Å². The van der Waals surface area contributed by atoms with E-state index in [1.807, 2.05) is 5.38 Å². The Balaban J connectivity index is 1.68. The highest BCUT2D eigenvalue weighted by molar-refractivity contribution is 7.09. The summed E-state index contributed by atoms with van der Waals surface area (Å²) in [4.78, 5) is 15.5. The second-order valence-corrected chi connectivity index (χ2v) is 4.71. The molecule has 0 atom stereocenters. The summed E-state index contributed by atoms with van der Waals surface area (Å²) >= 11 is 1.55. The summed E-state index contributed by atoms with van der Waals surface area (Å²) < 4.78 is 0. The molecule has 0 unspecified atom stereocenters. The third kappa shape index (κ3) is 3.20. The van der Waals surface area contributed by atoms with Gasteiger partial charge >= 0.3 is 6.03 Å². The van der Waals surface area contributed by atoms with Gasteiger partial charge in [-0.1, -0.05) is 12.8 Å². The molecule has 4 nitrogen and oxygen atoms in total. The maximum absolute atomic E-state index is 11.4. The van der Waals surface area contributed by atoms with Crippen molar-refractivity contribution in [2.45, 2.75) is 38.3 Å².